The number of anilines is 1. The van der Waals surface area contributed by atoms with Gasteiger partial charge in [0.05, 0.1) is 19.7 Å². The van der Waals surface area contributed by atoms with Gasteiger partial charge in [0.1, 0.15) is 17.2 Å². The molecule has 7 heteroatoms. The van der Waals surface area contributed by atoms with Crippen LogP contribution in [0.5, 0.6) is 11.5 Å². The number of fused-ring (bicyclic) bond motifs is 1. The molecule has 1 saturated heterocycles. The van der Waals surface area contributed by atoms with Crippen LogP contribution < -0.4 is 14.4 Å². The lowest BCUT2D eigenvalue weighted by Gasteiger charge is -2.36. The van der Waals surface area contributed by atoms with E-state index in [9.17, 15) is 4.79 Å². The Morgan fingerprint density at radius 3 is 2.38 bits per heavy atom. The van der Waals surface area contributed by atoms with Crippen LogP contribution in [0.3, 0.4) is 0 Å². The van der Waals surface area contributed by atoms with E-state index in [1.54, 1.807) is 20.3 Å². The van der Waals surface area contributed by atoms with Crippen LogP contribution in [0, 0.1) is 5.82 Å². The summed E-state index contributed by atoms with van der Waals surface area (Å²) in [5.41, 5.74) is 4.12. The summed E-state index contributed by atoms with van der Waals surface area (Å²) in [6, 6.07) is 19.3. The maximum absolute atomic E-state index is 15.6. The molecule has 0 saturated carbocycles. The Hall–Kier alpha value is -4.00. The molecule has 3 aromatic carbocycles. The van der Waals surface area contributed by atoms with Crippen molar-refractivity contribution in [3.05, 3.63) is 77.7 Å². The molecular formula is C30H32FN3O3. The molecule has 1 fully saturated rings. The highest BCUT2D eigenvalue weighted by atomic mass is 19.1. The summed E-state index contributed by atoms with van der Waals surface area (Å²) in [6.07, 6.45) is 0. The number of carbonyl (C=O) groups excluding carboxylic acids is 1. The first-order valence-electron chi connectivity index (χ1n) is 12.6. The number of hydrogen-bond acceptors (Lipinski definition) is 4. The van der Waals surface area contributed by atoms with Crippen molar-refractivity contribution in [2.45, 2.75) is 19.8 Å². The first kappa shape index (κ1) is 24.7. The average Bonchev–Trinajstić information content (AvgIpc) is 3.39. The van der Waals surface area contributed by atoms with E-state index in [1.807, 2.05) is 73.3 Å². The first-order chi connectivity index (χ1) is 17.9. The molecule has 0 bridgehead atoms. The molecule has 1 aliphatic heterocycles. The monoisotopic (exact) mass is 501 g/mol. The minimum Gasteiger partial charge on any atom is -0.497 e. The van der Waals surface area contributed by atoms with E-state index in [2.05, 4.69) is 9.88 Å². The number of H-pyrrole nitrogens is 1. The predicted molar refractivity (Wildman–Crippen MR) is 145 cm³/mol. The summed E-state index contributed by atoms with van der Waals surface area (Å²) in [6.45, 7) is 6.49. The number of piperazine rings is 1. The van der Waals surface area contributed by atoms with E-state index < -0.39 is 0 Å². The van der Waals surface area contributed by atoms with Gasteiger partial charge in [0.15, 0.2) is 5.82 Å². The zero-order valence-electron chi connectivity index (χ0n) is 21.7. The first-order valence-corrected chi connectivity index (χ1v) is 12.6. The van der Waals surface area contributed by atoms with Crippen LogP contribution in [-0.2, 0) is 0 Å². The molecule has 1 aromatic heterocycles. The fourth-order valence-electron chi connectivity index (χ4n) is 5.05. The molecule has 37 heavy (non-hydrogen) atoms. The molecule has 5 rings (SSSR count). The molecule has 0 unspecified atom stereocenters. The van der Waals surface area contributed by atoms with Gasteiger partial charge in [-0.3, -0.25) is 4.79 Å². The van der Waals surface area contributed by atoms with Gasteiger partial charge >= 0.3 is 0 Å². The van der Waals surface area contributed by atoms with Crippen LogP contribution in [0.2, 0.25) is 0 Å². The summed E-state index contributed by atoms with van der Waals surface area (Å²) < 4.78 is 26.6. The number of carbonyl (C=O) groups is 1. The zero-order valence-corrected chi connectivity index (χ0v) is 21.7. The van der Waals surface area contributed by atoms with E-state index in [1.165, 1.54) is 0 Å². The van der Waals surface area contributed by atoms with Crippen molar-refractivity contribution in [3.63, 3.8) is 0 Å². The number of para-hydroxylation sites is 1. The Balaban J connectivity index is 1.46. The lowest BCUT2D eigenvalue weighted by molar-refractivity contribution is 0.0742. The number of hydrogen-bond donors (Lipinski definition) is 1. The average molecular weight is 502 g/mol. The summed E-state index contributed by atoms with van der Waals surface area (Å²) >= 11 is 0. The highest BCUT2D eigenvalue weighted by Gasteiger charge is 2.26. The maximum atomic E-state index is 15.6. The highest BCUT2D eigenvalue weighted by molar-refractivity contribution is 6.04. The maximum Gasteiger partial charge on any atom is 0.270 e. The van der Waals surface area contributed by atoms with Gasteiger partial charge in [-0.25, -0.2) is 4.39 Å². The van der Waals surface area contributed by atoms with Crippen LogP contribution in [-0.4, -0.2) is 56.2 Å². The Morgan fingerprint density at radius 1 is 0.919 bits per heavy atom. The number of rotatable bonds is 6. The van der Waals surface area contributed by atoms with E-state index in [4.69, 9.17) is 9.47 Å². The number of amides is 1. The lowest BCUT2D eigenvalue weighted by atomic mass is 9.93. The molecule has 0 atom stereocenters. The largest absolute Gasteiger partial charge is 0.497 e. The normalized spacial score (nSPS) is 13.9. The molecule has 4 aromatic rings. The van der Waals surface area contributed by atoms with E-state index in [0.29, 0.717) is 54.1 Å². The lowest BCUT2D eigenvalue weighted by Crippen LogP contribution is -2.48. The van der Waals surface area contributed by atoms with E-state index >= 15 is 4.39 Å². The van der Waals surface area contributed by atoms with Crippen LogP contribution in [0.25, 0.3) is 22.0 Å². The number of ether oxygens (including phenoxy) is 2. The van der Waals surface area contributed by atoms with Gasteiger partial charge in [0, 0.05) is 48.9 Å². The van der Waals surface area contributed by atoms with Crippen molar-refractivity contribution in [1.82, 2.24) is 9.88 Å². The van der Waals surface area contributed by atoms with Crippen molar-refractivity contribution in [2.24, 2.45) is 0 Å². The van der Waals surface area contributed by atoms with Crippen LogP contribution in [0.15, 0.2) is 60.7 Å². The van der Waals surface area contributed by atoms with E-state index in [-0.39, 0.29) is 17.6 Å². The molecule has 192 valence electrons. The van der Waals surface area contributed by atoms with Gasteiger partial charge in [-0.15, -0.1) is 0 Å². The molecule has 1 N–H and O–H groups in total. The van der Waals surface area contributed by atoms with Gasteiger partial charge in [0.2, 0.25) is 0 Å². The van der Waals surface area contributed by atoms with Gasteiger partial charge in [-0.2, -0.15) is 0 Å². The third kappa shape index (κ3) is 4.61. The summed E-state index contributed by atoms with van der Waals surface area (Å²) in [4.78, 5) is 20.7. The quantitative estimate of drug-likeness (QED) is 0.348. The second-order valence-electron chi connectivity index (χ2n) is 9.63. The van der Waals surface area contributed by atoms with Crippen molar-refractivity contribution in [1.29, 1.82) is 0 Å². The molecule has 6 nitrogen and oxygen atoms in total. The topological polar surface area (TPSA) is 57.8 Å². The zero-order chi connectivity index (χ0) is 26.1. The van der Waals surface area contributed by atoms with Crippen molar-refractivity contribution < 1.29 is 18.7 Å². The summed E-state index contributed by atoms with van der Waals surface area (Å²) in [5.74, 6) is 1.05. The SMILES string of the molecule is COc1cccc(N2CCN(C(=O)c3cc4c(-c5ccccc5OC)cc(C(C)C)c(F)c4[nH]3)CC2)c1. The smallest absolute Gasteiger partial charge is 0.270 e. The number of aromatic nitrogens is 1. The number of aromatic amines is 1. The number of nitrogens with zero attached hydrogens (tertiary/aromatic N) is 2. The fraction of sp³-hybridized carbons (Fsp3) is 0.300. The molecule has 0 aliphatic carbocycles. The van der Waals surface area contributed by atoms with Gasteiger partial charge in [-0.1, -0.05) is 38.1 Å². The molecule has 0 radical (unpaired) electrons. The molecule has 1 amide bonds. The highest BCUT2D eigenvalue weighted by Crippen LogP contribution is 2.39. The van der Waals surface area contributed by atoms with Crippen LogP contribution >= 0.6 is 0 Å². The van der Waals surface area contributed by atoms with Crippen molar-refractivity contribution >= 4 is 22.5 Å². The fourth-order valence-corrected chi connectivity index (χ4v) is 5.05. The minimum atomic E-state index is -0.314. The van der Waals surface area contributed by atoms with Crippen LogP contribution in [0.4, 0.5) is 10.1 Å². The molecule has 2 heterocycles. The Kier molecular flexibility index (Phi) is 6.78. The number of halogens is 1. The Bertz CT molecular complexity index is 1440. The predicted octanol–water partition coefficient (Wildman–Crippen LogP) is 6.08. The second kappa shape index (κ2) is 10.2. The second-order valence-corrected chi connectivity index (χ2v) is 9.63. The van der Waals surface area contributed by atoms with Crippen molar-refractivity contribution in [3.8, 4) is 22.6 Å². The molecule has 1 aliphatic rings. The van der Waals surface area contributed by atoms with Gasteiger partial charge in [-0.05, 0) is 47.4 Å². The number of nitrogens with one attached hydrogen (secondary N) is 1. The van der Waals surface area contributed by atoms with Gasteiger partial charge < -0.3 is 24.3 Å². The summed E-state index contributed by atoms with van der Waals surface area (Å²) in [5, 5.41) is 0.671. The standard InChI is InChI=1S/C30H32FN3O3/c1-19(2)23-17-24(22-10-5-6-11-27(22)37-4)25-18-26(32-29(25)28(23)31)30(35)34-14-12-33(13-15-34)20-8-7-9-21(16-20)36-3/h5-11,16-19,32H,12-15H2,1-4H3. The third-order valence-electron chi connectivity index (χ3n) is 7.12. The Labute approximate surface area is 216 Å². The summed E-state index contributed by atoms with van der Waals surface area (Å²) in [7, 11) is 3.28. The number of benzene rings is 3. The number of methoxy groups -OCH3 is 2. The Morgan fingerprint density at radius 2 is 1.68 bits per heavy atom. The molecule has 0 spiro atoms. The van der Waals surface area contributed by atoms with Gasteiger partial charge in [0.25, 0.3) is 5.91 Å². The van der Waals surface area contributed by atoms with Crippen LogP contribution in [0.1, 0.15) is 35.8 Å². The van der Waals surface area contributed by atoms with E-state index in [0.717, 1.165) is 22.6 Å². The molecular weight excluding hydrogens is 469 g/mol. The minimum absolute atomic E-state index is 0.0232. The van der Waals surface area contributed by atoms with Crippen molar-refractivity contribution in [2.75, 3.05) is 45.3 Å². The third-order valence-corrected chi connectivity index (χ3v) is 7.12.